The second kappa shape index (κ2) is 7.31. The summed E-state index contributed by atoms with van der Waals surface area (Å²) in [6.45, 7) is 4.54. The molecule has 0 saturated heterocycles. The average molecular weight is 156 g/mol. The van der Waals surface area contributed by atoms with E-state index < -0.39 is 0 Å². The predicted molar refractivity (Wildman–Crippen MR) is 46.9 cm³/mol. The minimum atomic E-state index is 0.185. The molecule has 0 aromatic heterocycles. The molecule has 10 heavy (non-hydrogen) atoms. The molecule has 0 heterocycles. The molecule has 0 aliphatic rings. The van der Waals surface area contributed by atoms with E-state index in [4.69, 9.17) is 0 Å². The van der Waals surface area contributed by atoms with Crippen molar-refractivity contribution in [1.82, 2.24) is 0 Å². The molecule has 0 unspecified atom stereocenters. The van der Waals surface area contributed by atoms with Crippen molar-refractivity contribution in [3.63, 3.8) is 0 Å². The third-order valence-electron chi connectivity index (χ3n) is 1.60. The highest BCUT2D eigenvalue weighted by atomic mass is 27.1. The first-order chi connectivity index (χ1) is 4.77. The van der Waals surface area contributed by atoms with Gasteiger partial charge in [-0.3, -0.25) is 0 Å². The molecule has 0 aliphatic heterocycles. The van der Waals surface area contributed by atoms with Crippen molar-refractivity contribution >= 4 is 21.5 Å². The second-order valence-electron chi connectivity index (χ2n) is 3.20. The molecule has 2 heteroatoms. The molecule has 0 fully saturated rings. The lowest BCUT2D eigenvalue weighted by Crippen LogP contribution is -1.95. The van der Waals surface area contributed by atoms with Gasteiger partial charge in [-0.15, -0.1) is 0 Å². The molecule has 58 valence electrons. The van der Waals surface area contributed by atoms with Crippen LogP contribution in [0.1, 0.15) is 26.7 Å². The van der Waals surface area contributed by atoms with Gasteiger partial charge in [0.25, 0.3) is 0 Å². The third-order valence-corrected chi connectivity index (χ3v) is 4.17. The standard InChI is InChI=1S/C4H7O.C4H9.Al.H/c1-2-3-4-5;1-4(2)3;;/h4H,1-3H2;4H,1H2,2-3H3;;. The molecule has 0 amide bonds. The molecule has 1 nitrogen and oxygen atoms in total. The summed E-state index contributed by atoms with van der Waals surface area (Å²) in [6, 6.07) is 0. The van der Waals surface area contributed by atoms with Gasteiger partial charge in [0.1, 0.15) is 6.29 Å². The summed E-state index contributed by atoms with van der Waals surface area (Å²) < 4.78 is 0. The van der Waals surface area contributed by atoms with Crippen LogP contribution in [-0.4, -0.2) is 21.5 Å². The van der Waals surface area contributed by atoms with Crippen LogP contribution >= 0.6 is 0 Å². The Hall–Kier alpha value is 0.202. The fourth-order valence-electron chi connectivity index (χ4n) is 0.957. The summed E-state index contributed by atoms with van der Waals surface area (Å²) in [5, 5.41) is 2.80. The van der Waals surface area contributed by atoms with E-state index in [1.54, 1.807) is 0 Å². The first-order valence-corrected chi connectivity index (χ1v) is 6.21. The fourth-order valence-corrected chi connectivity index (χ4v) is 2.70. The van der Waals surface area contributed by atoms with Crippen LogP contribution in [-0.2, 0) is 4.79 Å². The van der Waals surface area contributed by atoms with Gasteiger partial charge in [-0.1, -0.05) is 36.8 Å². The Labute approximate surface area is 69.9 Å². The molecule has 0 atom stereocenters. The van der Waals surface area contributed by atoms with Crippen LogP contribution in [0, 0.1) is 5.92 Å². The minimum absolute atomic E-state index is 0.185. The van der Waals surface area contributed by atoms with Crippen LogP contribution in [0.4, 0.5) is 0 Å². The molecule has 0 aromatic rings. The van der Waals surface area contributed by atoms with Crippen molar-refractivity contribution in [1.29, 1.82) is 0 Å². The molecule has 0 radical (unpaired) electrons. The molecule has 0 bridgehead atoms. The highest BCUT2D eigenvalue weighted by Crippen LogP contribution is 2.02. The fraction of sp³-hybridized carbons (Fsp3) is 0.875. The number of carbonyl (C=O) groups excluding carboxylic acids is 1. The maximum Gasteiger partial charge on any atom is 0.237 e. The zero-order valence-corrected chi connectivity index (χ0v) is 8.51. The van der Waals surface area contributed by atoms with Crippen molar-refractivity contribution in [2.24, 2.45) is 5.92 Å². The smallest absolute Gasteiger partial charge is 0.237 e. The largest absolute Gasteiger partial charge is 0.303 e. The van der Waals surface area contributed by atoms with E-state index in [-0.39, 0.29) is 15.2 Å². The van der Waals surface area contributed by atoms with Crippen LogP contribution in [0.25, 0.3) is 0 Å². The van der Waals surface area contributed by atoms with E-state index in [1.807, 2.05) is 0 Å². The van der Waals surface area contributed by atoms with Gasteiger partial charge < -0.3 is 4.79 Å². The van der Waals surface area contributed by atoms with Crippen LogP contribution in [0.5, 0.6) is 0 Å². The highest BCUT2D eigenvalue weighted by Gasteiger charge is 1.96. The van der Waals surface area contributed by atoms with E-state index in [0.717, 1.165) is 25.0 Å². The average Bonchev–Trinajstić information content (AvgIpc) is 1.87. The van der Waals surface area contributed by atoms with Crippen LogP contribution in [0.15, 0.2) is 0 Å². The Morgan fingerprint density at radius 3 is 2.70 bits per heavy atom. The summed E-state index contributed by atoms with van der Waals surface area (Å²) in [6.07, 6.45) is 2.96. The van der Waals surface area contributed by atoms with Gasteiger partial charge in [0.2, 0.25) is 15.2 Å². The van der Waals surface area contributed by atoms with Crippen molar-refractivity contribution in [3.8, 4) is 0 Å². The molecule has 0 spiro atoms. The second-order valence-corrected chi connectivity index (χ2v) is 5.19. The van der Waals surface area contributed by atoms with Crippen LogP contribution in [0.2, 0.25) is 10.6 Å². The van der Waals surface area contributed by atoms with Gasteiger partial charge >= 0.3 is 0 Å². The first-order valence-electron chi connectivity index (χ1n) is 4.21. The zero-order chi connectivity index (χ0) is 7.82. The van der Waals surface area contributed by atoms with E-state index >= 15 is 0 Å². The minimum Gasteiger partial charge on any atom is -0.303 e. The van der Waals surface area contributed by atoms with Crippen molar-refractivity contribution in [2.45, 2.75) is 37.3 Å². The molecule has 0 rings (SSSR count). The number of carbonyl (C=O) groups is 1. The molecular weight excluding hydrogens is 139 g/mol. The van der Waals surface area contributed by atoms with Crippen molar-refractivity contribution < 1.29 is 4.79 Å². The Kier molecular flexibility index (Phi) is 7.46. The molecular formula is C8H17AlO. The number of unbranched alkanes of at least 4 members (excludes halogenated alkanes) is 1. The van der Waals surface area contributed by atoms with Crippen LogP contribution < -0.4 is 0 Å². The Bertz CT molecular complexity index is 81.3. The lowest BCUT2D eigenvalue weighted by atomic mass is 10.3. The first kappa shape index (κ1) is 10.2. The van der Waals surface area contributed by atoms with Gasteiger partial charge in [0.05, 0.1) is 0 Å². The topological polar surface area (TPSA) is 17.1 Å². The lowest BCUT2D eigenvalue weighted by Gasteiger charge is -1.99. The van der Waals surface area contributed by atoms with Gasteiger partial charge in [-0.25, -0.2) is 0 Å². The molecule has 0 aliphatic carbocycles. The van der Waals surface area contributed by atoms with Gasteiger partial charge in [0.15, 0.2) is 0 Å². The summed E-state index contributed by atoms with van der Waals surface area (Å²) in [5.41, 5.74) is 0. The van der Waals surface area contributed by atoms with Crippen molar-refractivity contribution in [2.75, 3.05) is 0 Å². The maximum absolute atomic E-state index is 9.92. The molecule has 0 N–H and O–H groups in total. The summed E-state index contributed by atoms with van der Waals surface area (Å²) in [7, 11) is 0. The number of aldehydes is 1. The van der Waals surface area contributed by atoms with Crippen LogP contribution in [0.3, 0.4) is 0 Å². The molecule has 0 saturated carbocycles. The zero-order valence-electron chi connectivity index (χ0n) is 7.10. The SMILES string of the molecule is CC(C)[CH2][AlH][CH2]CCC=O. The summed E-state index contributed by atoms with van der Waals surface area (Å²) >= 11 is 0.185. The van der Waals surface area contributed by atoms with Gasteiger partial charge in [0, 0.05) is 6.42 Å². The normalized spacial score (nSPS) is 9.90. The number of rotatable bonds is 6. The highest BCUT2D eigenvalue weighted by molar-refractivity contribution is 6.35. The Morgan fingerprint density at radius 2 is 2.20 bits per heavy atom. The summed E-state index contributed by atoms with van der Waals surface area (Å²) in [5.74, 6) is 0.878. The quantitative estimate of drug-likeness (QED) is 0.326. The van der Waals surface area contributed by atoms with E-state index in [2.05, 4.69) is 13.8 Å². The third kappa shape index (κ3) is 8.20. The maximum atomic E-state index is 9.92. The monoisotopic (exact) mass is 156 g/mol. The number of hydrogen-bond acceptors (Lipinski definition) is 1. The van der Waals surface area contributed by atoms with E-state index in [1.165, 1.54) is 10.6 Å². The van der Waals surface area contributed by atoms with Crippen molar-refractivity contribution in [3.05, 3.63) is 0 Å². The Balaban J connectivity index is 2.83. The summed E-state index contributed by atoms with van der Waals surface area (Å²) in [4.78, 5) is 9.92. The van der Waals surface area contributed by atoms with E-state index in [9.17, 15) is 4.79 Å². The Morgan fingerprint density at radius 1 is 1.50 bits per heavy atom. The van der Waals surface area contributed by atoms with Gasteiger partial charge in [-0.2, -0.15) is 0 Å². The molecule has 0 aromatic carbocycles. The lowest BCUT2D eigenvalue weighted by molar-refractivity contribution is -0.107. The van der Waals surface area contributed by atoms with Gasteiger partial charge in [-0.05, 0) is 0 Å². The predicted octanol–water partition coefficient (Wildman–Crippen LogP) is 1.89. The number of hydrogen-bond donors (Lipinski definition) is 0. The van der Waals surface area contributed by atoms with E-state index in [0.29, 0.717) is 0 Å².